The number of anilines is 2. The normalized spacial score (nSPS) is 15.3. The third-order valence-electron chi connectivity index (χ3n) is 10.2. The van der Waals surface area contributed by atoms with Crippen molar-refractivity contribution in [3.05, 3.63) is 105 Å². The van der Waals surface area contributed by atoms with E-state index in [4.69, 9.17) is 4.98 Å². The fourth-order valence-electron chi connectivity index (χ4n) is 7.42. The molecule has 5 aromatic rings. The molecule has 2 fully saturated rings. The van der Waals surface area contributed by atoms with Gasteiger partial charge < -0.3 is 15.2 Å². The molecule has 5 heterocycles. The van der Waals surface area contributed by atoms with Crippen LogP contribution in [0.5, 0.6) is 0 Å². The van der Waals surface area contributed by atoms with E-state index in [-0.39, 0.29) is 36.0 Å². The molecule has 0 aliphatic carbocycles. The lowest BCUT2D eigenvalue weighted by Crippen LogP contribution is -2.49. The lowest BCUT2D eigenvalue weighted by Gasteiger charge is -2.35. The van der Waals surface area contributed by atoms with Crippen molar-refractivity contribution in [1.29, 1.82) is 0 Å². The molecular formula is C41H47N9O4. The topological polar surface area (TPSA) is 149 Å². The molecule has 2 aliphatic heterocycles. The van der Waals surface area contributed by atoms with Gasteiger partial charge in [-0.15, -0.1) is 0 Å². The molecule has 0 spiro atoms. The Labute approximate surface area is 314 Å². The van der Waals surface area contributed by atoms with Crippen LogP contribution in [0.2, 0.25) is 0 Å². The maximum atomic E-state index is 13.8. The Kier molecular flexibility index (Phi) is 10.6. The average molecular weight is 730 g/mol. The molecule has 3 N–H and O–H groups in total. The highest BCUT2D eigenvalue weighted by Gasteiger charge is 2.25. The molecule has 280 valence electrons. The van der Waals surface area contributed by atoms with E-state index in [9.17, 15) is 19.2 Å². The number of piperazine rings is 1. The summed E-state index contributed by atoms with van der Waals surface area (Å²) in [6, 6.07) is 17.7. The van der Waals surface area contributed by atoms with Gasteiger partial charge in [0.1, 0.15) is 5.82 Å². The maximum Gasteiger partial charge on any atom is 0.328 e. The fraction of sp³-hybridized carbons (Fsp3) is 0.366. The van der Waals surface area contributed by atoms with Crippen LogP contribution >= 0.6 is 0 Å². The number of aryl methyl sites for hydroxylation is 2. The number of nitrogens with one attached hydrogen (secondary N) is 3. The molecule has 2 saturated heterocycles. The number of fused-ring (bicyclic) bond motifs is 1. The summed E-state index contributed by atoms with van der Waals surface area (Å²) < 4.78 is 1.92. The SMILES string of the molecule is CCCc1cc(C)[nH]c(=O)c1CNC(=O)c1cc(-c2ccc(N3CCN(Cc4cccc(N5CCC(=O)NC5=O)c4)CC3)nc2)cc2c1cnn2C(C)C. The molecule has 2 aromatic carbocycles. The Morgan fingerprint density at radius 1 is 0.944 bits per heavy atom. The van der Waals surface area contributed by atoms with Gasteiger partial charge in [-0.05, 0) is 86.3 Å². The van der Waals surface area contributed by atoms with Crippen molar-refractivity contribution in [1.82, 2.24) is 35.3 Å². The highest BCUT2D eigenvalue weighted by Crippen LogP contribution is 2.30. The largest absolute Gasteiger partial charge is 0.354 e. The third-order valence-corrected chi connectivity index (χ3v) is 10.2. The predicted octanol–water partition coefficient (Wildman–Crippen LogP) is 5.33. The molecule has 54 heavy (non-hydrogen) atoms. The molecule has 0 unspecified atom stereocenters. The number of aromatic nitrogens is 4. The van der Waals surface area contributed by atoms with Gasteiger partial charge in [0.25, 0.3) is 11.5 Å². The van der Waals surface area contributed by atoms with Crippen molar-refractivity contribution < 1.29 is 14.4 Å². The second kappa shape index (κ2) is 15.7. The van der Waals surface area contributed by atoms with E-state index >= 15 is 0 Å². The van der Waals surface area contributed by atoms with Crippen LogP contribution in [0, 0.1) is 6.92 Å². The van der Waals surface area contributed by atoms with Gasteiger partial charge in [-0.25, -0.2) is 9.78 Å². The lowest BCUT2D eigenvalue weighted by molar-refractivity contribution is -0.120. The van der Waals surface area contributed by atoms with Crippen LogP contribution in [0.3, 0.4) is 0 Å². The van der Waals surface area contributed by atoms with Crippen molar-refractivity contribution in [3.63, 3.8) is 0 Å². The molecule has 2 aliphatic rings. The molecule has 4 amide bonds. The zero-order chi connectivity index (χ0) is 37.9. The van der Waals surface area contributed by atoms with Crippen LogP contribution in [0.25, 0.3) is 22.0 Å². The number of benzene rings is 2. The number of urea groups is 1. The fourth-order valence-corrected chi connectivity index (χ4v) is 7.42. The number of pyridine rings is 2. The van der Waals surface area contributed by atoms with Gasteiger partial charge in [0.05, 0.1) is 17.3 Å². The second-order valence-electron chi connectivity index (χ2n) is 14.5. The van der Waals surface area contributed by atoms with Crippen LogP contribution in [0.1, 0.15) is 72.4 Å². The smallest absolute Gasteiger partial charge is 0.328 e. The Morgan fingerprint density at radius 2 is 1.76 bits per heavy atom. The van der Waals surface area contributed by atoms with Crippen molar-refractivity contribution >= 4 is 40.3 Å². The zero-order valence-corrected chi connectivity index (χ0v) is 31.3. The average Bonchev–Trinajstić information content (AvgIpc) is 3.59. The summed E-state index contributed by atoms with van der Waals surface area (Å²) in [5.74, 6) is 0.383. The minimum atomic E-state index is -0.377. The molecule has 7 rings (SSSR count). The minimum Gasteiger partial charge on any atom is -0.354 e. The molecule has 0 atom stereocenters. The number of amides is 4. The lowest BCUT2D eigenvalue weighted by atomic mass is 10.00. The van der Waals surface area contributed by atoms with Gasteiger partial charge in [0, 0.05) is 92.4 Å². The highest BCUT2D eigenvalue weighted by molar-refractivity contribution is 6.08. The maximum absolute atomic E-state index is 13.8. The van der Waals surface area contributed by atoms with E-state index in [1.807, 2.05) is 60.3 Å². The molecule has 0 saturated carbocycles. The van der Waals surface area contributed by atoms with Gasteiger partial charge in [-0.3, -0.25) is 34.2 Å². The monoisotopic (exact) mass is 729 g/mol. The van der Waals surface area contributed by atoms with Gasteiger partial charge in [0.2, 0.25) is 5.91 Å². The van der Waals surface area contributed by atoms with Crippen molar-refractivity contribution in [2.75, 3.05) is 42.5 Å². The molecule has 13 nitrogen and oxygen atoms in total. The van der Waals surface area contributed by atoms with Gasteiger partial charge in [0.15, 0.2) is 0 Å². The number of nitrogens with zero attached hydrogens (tertiary/aromatic N) is 6. The molecule has 0 bridgehead atoms. The molecule has 3 aromatic heterocycles. The Balaban J connectivity index is 1.04. The third kappa shape index (κ3) is 7.76. The Hall–Kier alpha value is -5.82. The van der Waals surface area contributed by atoms with Crippen molar-refractivity contribution in [2.45, 2.75) is 66.1 Å². The van der Waals surface area contributed by atoms with Crippen LogP contribution in [-0.4, -0.2) is 75.2 Å². The summed E-state index contributed by atoms with van der Waals surface area (Å²) in [5, 5.41) is 10.8. The van der Waals surface area contributed by atoms with Crippen molar-refractivity contribution in [2.24, 2.45) is 0 Å². The quantitative estimate of drug-likeness (QED) is 0.165. The van der Waals surface area contributed by atoms with E-state index < -0.39 is 0 Å². The van der Waals surface area contributed by atoms with E-state index in [2.05, 4.69) is 63.4 Å². The Bertz CT molecular complexity index is 2250. The highest BCUT2D eigenvalue weighted by atomic mass is 16.2. The zero-order valence-electron chi connectivity index (χ0n) is 31.3. The first-order valence-electron chi connectivity index (χ1n) is 18.7. The van der Waals surface area contributed by atoms with Crippen LogP contribution in [0.4, 0.5) is 16.3 Å². The van der Waals surface area contributed by atoms with E-state index in [0.29, 0.717) is 24.1 Å². The number of carbonyl (C=O) groups excluding carboxylic acids is 3. The van der Waals surface area contributed by atoms with Gasteiger partial charge >= 0.3 is 6.03 Å². The number of rotatable bonds is 11. The summed E-state index contributed by atoms with van der Waals surface area (Å²) in [6.07, 6.45) is 5.55. The van der Waals surface area contributed by atoms with E-state index in [1.54, 1.807) is 11.1 Å². The summed E-state index contributed by atoms with van der Waals surface area (Å²) in [7, 11) is 0. The second-order valence-corrected chi connectivity index (χ2v) is 14.5. The summed E-state index contributed by atoms with van der Waals surface area (Å²) >= 11 is 0. The van der Waals surface area contributed by atoms with Crippen LogP contribution in [-0.2, 0) is 24.3 Å². The summed E-state index contributed by atoms with van der Waals surface area (Å²) in [6.45, 7) is 12.7. The molecular weight excluding hydrogens is 683 g/mol. The first-order valence-corrected chi connectivity index (χ1v) is 18.7. The number of carbonyl (C=O) groups is 3. The summed E-state index contributed by atoms with van der Waals surface area (Å²) in [5.41, 5.74) is 7.16. The standard InChI is InChI=1S/C41H47N9O4/c1-5-7-29-18-27(4)45-40(53)34(29)23-43-39(52)33-20-31(21-36-35(33)24-44-50(36)26(2)3)30-10-11-37(42-22-30)48-16-14-47(15-17-48)25-28-8-6-9-32(19-28)49-13-12-38(51)46-41(49)54/h6,8-11,18-22,24,26H,5,7,12-17,23,25H2,1-4H3,(H,43,52)(H,45,53)(H,46,51,54). The Morgan fingerprint density at radius 3 is 2.48 bits per heavy atom. The first kappa shape index (κ1) is 36.5. The van der Waals surface area contributed by atoms with Gasteiger partial charge in [-0.2, -0.15) is 5.10 Å². The van der Waals surface area contributed by atoms with E-state index in [1.165, 1.54) is 0 Å². The van der Waals surface area contributed by atoms with Crippen molar-refractivity contribution in [3.8, 4) is 11.1 Å². The van der Waals surface area contributed by atoms with Gasteiger partial charge in [-0.1, -0.05) is 25.5 Å². The summed E-state index contributed by atoms with van der Waals surface area (Å²) in [4.78, 5) is 64.7. The number of H-pyrrole nitrogens is 1. The van der Waals surface area contributed by atoms with Crippen LogP contribution < -0.4 is 26.0 Å². The van der Waals surface area contributed by atoms with E-state index in [0.717, 1.165) is 95.9 Å². The molecule has 0 radical (unpaired) electrons. The minimum absolute atomic E-state index is 0.0857. The predicted molar refractivity (Wildman–Crippen MR) is 210 cm³/mol. The number of imide groups is 1. The number of aromatic amines is 1. The number of hydrogen-bond acceptors (Lipinski definition) is 8. The first-order chi connectivity index (χ1) is 26.1. The number of hydrogen-bond donors (Lipinski definition) is 3. The van der Waals surface area contributed by atoms with Crippen LogP contribution in [0.15, 0.2) is 71.8 Å². The molecule has 13 heteroatoms.